The molecule has 2 N–H and O–H groups in total. The molecule has 0 radical (unpaired) electrons. The van der Waals surface area contributed by atoms with Crippen molar-refractivity contribution in [2.75, 3.05) is 33.7 Å². The molecule has 2 fully saturated rings. The molecule has 2 aliphatic rings. The van der Waals surface area contributed by atoms with Gasteiger partial charge in [0.1, 0.15) is 0 Å². The smallest absolute Gasteiger partial charge is 0.0246 e. The Balaban J connectivity index is 1.84. The van der Waals surface area contributed by atoms with Crippen molar-refractivity contribution in [1.29, 1.82) is 0 Å². The lowest BCUT2D eigenvalue weighted by atomic mass is 9.80. The van der Waals surface area contributed by atoms with Gasteiger partial charge < -0.3 is 15.5 Å². The van der Waals surface area contributed by atoms with Crippen LogP contribution in [0.25, 0.3) is 0 Å². The van der Waals surface area contributed by atoms with E-state index < -0.39 is 0 Å². The SMILES string of the molecule is CCC1CCC(N)C(N(C)CC2CCN(C)C2)C1. The first kappa shape index (κ1) is 14.3. The van der Waals surface area contributed by atoms with Crippen molar-refractivity contribution < 1.29 is 0 Å². The Hall–Kier alpha value is -0.120. The Labute approximate surface area is 113 Å². The predicted octanol–water partition coefficient (Wildman–Crippen LogP) is 1.78. The van der Waals surface area contributed by atoms with E-state index in [0.717, 1.165) is 11.8 Å². The summed E-state index contributed by atoms with van der Waals surface area (Å²) >= 11 is 0. The molecular weight excluding hydrogens is 222 g/mol. The minimum atomic E-state index is 0.400. The molecule has 1 aliphatic carbocycles. The molecule has 18 heavy (non-hydrogen) atoms. The fraction of sp³-hybridized carbons (Fsp3) is 1.00. The predicted molar refractivity (Wildman–Crippen MR) is 77.6 cm³/mol. The van der Waals surface area contributed by atoms with Gasteiger partial charge in [0.05, 0.1) is 0 Å². The van der Waals surface area contributed by atoms with Gasteiger partial charge in [0.2, 0.25) is 0 Å². The lowest BCUT2D eigenvalue weighted by molar-refractivity contribution is 0.120. The zero-order valence-corrected chi connectivity index (χ0v) is 12.4. The molecule has 2 rings (SSSR count). The molecule has 0 aromatic rings. The summed E-state index contributed by atoms with van der Waals surface area (Å²) in [4.78, 5) is 5.02. The molecule has 0 bridgehead atoms. The number of nitrogens with zero attached hydrogens (tertiary/aromatic N) is 2. The molecule has 0 spiro atoms. The van der Waals surface area contributed by atoms with Gasteiger partial charge >= 0.3 is 0 Å². The van der Waals surface area contributed by atoms with Gasteiger partial charge in [-0.2, -0.15) is 0 Å². The first-order chi connectivity index (χ1) is 8.60. The van der Waals surface area contributed by atoms with Crippen molar-refractivity contribution in [3.63, 3.8) is 0 Å². The lowest BCUT2D eigenvalue weighted by Crippen LogP contribution is -2.51. The van der Waals surface area contributed by atoms with Crippen LogP contribution < -0.4 is 5.73 Å². The van der Waals surface area contributed by atoms with Crippen LogP contribution in [0.15, 0.2) is 0 Å². The van der Waals surface area contributed by atoms with E-state index in [1.165, 1.54) is 51.7 Å². The Kier molecular flexibility index (Phi) is 5.05. The van der Waals surface area contributed by atoms with Gasteiger partial charge in [-0.05, 0) is 58.2 Å². The largest absolute Gasteiger partial charge is 0.326 e. The third-order valence-corrected chi connectivity index (χ3v) is 5.16. The summed E-state index contributed by atoms with van der Waals surface area (Å²) < 4.78 is 0. The van der Waals surface area contributed by atoms with Gasteiger partial charge in [-0.3, -0.25) is 0 Å². The average Bonchev–Trinajstić information content (AvgIpc) is 2.75. The van der Waals surface area contributed by atoms with Crippen molar-refractivity contribution in [3.05, 3.63) is 0 Å². The van der Waals surface area contributed by atoms with E-state index in [9.17, 15) is 0 Å². The van der Waals surface area contributed by atoms with E-state index in [2.05, 4.69) is 30.8 Å². The summed E-state index contributed by atoms with van der Waals surface area (Å²) in [5.41, 5.74) is 6.35. The fourth-order valence-corrected chi connectivity index (χ4v) is 3.85. The Morgan fingerprint density at radius 1 is 1.22 bits per heavy atom. The summed E-state index contributed by atoms with van der Waals surface area (Å²) in [7, 11) is 4.53. The minimum absolute atomic E-state index is 0.400. The summed E-state index contributed by atoms with van der Waals surface area (Å²) in [6, 6.07) is 1.02. The van der Waals surface area contributed by atoms with Crippen LogP contribution in [-0.2, 0) is 0 Å². The van der Waals surface area contributed by atoms with Crippen molar-refractivity contribution in [2.24, 2.45) is 17.6 Å². The van der Waals surface area contributed by atoms with E-state index >= 15 is 0 Å². The second-order valence-electron chi connectivity index (χ2n) is 6.68. The van der Waals surface area contributed by atoms with E-state index in [1.807, 2.05) is 0 Å². The fourth-order valence-electron chi connectivity index (χ4n) is 3.85. The second kappa shape index (κ2) is 6.36. The van der Waals surface area contributed by atoms with Crippen LogP contribution in [0.1, 0.15) is 39.0 Å². The molecule has 1 aliphatic heterocycles. The Bertz CT molecular complexity index is 256. The number of nitrogens with two attached hydrogens (primary N) is 1. The topological polar surface area (TPSA) is 32.5 Å². The first-order valence-electron chi connectivity index (χ1n) is 7.74. The number of hydrogen-bond donors (Lipinski definition) is 1. The molecule has 106 valence electrons. The van der Waals surface area contributed by atoms with Crippen LogP contribution in [0.4, 0.5) is 0 Å². The Morgan fingerprint density at radius 2 is 2.00 bits per heavy atom. The normalized spacial score (nSPS) is 38.5. The summed E-state index contributed by atoms with van der Waals surface area (Å²) in [6.07, 6.45) is 6.56. The molecule has 0 aromatic heterocycles. The van der Waals surface area contributed by atoms with E-state index in [-0.39, 0.29) is 0 Å². The Morgan fingerprint density at radius 3 is 2.61 bits per heavy atom. The molecule has 3 heteroatoms. The highest BCUT2D eigenvalue weighted by Gasteiger charge is 2.31. The van der Waals surface area contributed by atoms with Crippen LogP contribution >= 0.6 is 0 Å². The molecule has 1 saturated heterocycles. The summed E-state index contributed by atoms with van der Waals surface area (Å²) in [5, 5.41) is 0. The molecule has 0 aromatic carbocycles. The van der Waals surface area contributed by atoms with Crippen LogP contribution in [0, 0.1) is 11.8 Å². The van der Waals surface area contributed by atoms with Gasteiger partial charge in [0.25, 0.3) is 0 Å². The summed E-state index contributed by atoms with van der Waals surface area (Å²) in [6.45, 7) is 6.10. The van der Waals surface area contributed by atoms with Crippen LogP contribution in [0.3, 0.4) is 0 Å². The monoisotopic (exact) mass is 253 g/mol. The maximum atomic E-state index is 6.35. The van der Waals surface area contributed by atoms with Crippen molar-refractivity contribution in [3.8, 4) is 0 Å². The van der Waals surface area contributed by atoms with Gasteiger partial charge in [0, 0.05) is 25.2 Å². The minimum Gasteiger partial charge on any atom is -0.326 e. The number of likely N-dealkylation sites (tertiary alicyclic amines) is 1. The van der Waals surface area contributed by atoms with E-state index in [0.29, 0.717) is 12.1 Å². The summed E-state index contributed by atoms with van der Waals surface area (Å²) in [5.74, 6) is 1.76. The van der Waals surface area contributed by atoms with Crippen LogP contribution in [0.5, 0.6) is 0 Å². The maximum Gasteiger partial charge on any atom is 0.0246 e. The average molecular weight is 253 g/mol. The van der Waals surface area contributed by atoms with Crippen molar-refractivity contribution in [2.45, 2.75) is 51.1 Å². The molecule has 1 heterocycles. The highest BCUT2D eigenvalue weighted by Crippen LogP contribution is 2.29. The standard InChI is InChI=1S/C15H31N3/c1-4-12-5-6-14(16)15(9-12)18(3)11-13-7-8-17(2)10-13/h12-15H,4-11,16H2,1-3H3. The number of likely N-dealkylation sites (N-methyl/N-ethyl adjacent to an activating group) is 1. The van der Waals surface area contributed by atoms with E-state index in [1.54, 1.807) is 0 Å². The molecular formula is C15H31N3. The van der Waals surface area contributed by atoms with Crippen LogP contribution in [0.2, 0.25) is 0 Å². The van der Waals surface area contributed by atoms with Gasteiger partial charge in [-0.25, -0.2) is 0 Å². The third-order valence-electron chi connectivity index (χ3n) is 5.16. The lowest BCUT2D eigenvalue weighted by Gasteiger charge is -2.40. The van der Waals surface area contributed by atoms with Crippen molar-refractivity contribution >= 4 is 0 Å². The highest BCUT2D eigenvalue weighted by atomic mass is 15.2. The maximum absolute atomic E-state index is 6.35. The molecule has 4 atom stereocenters. The molecule has 1 saturated carbocycles. The van der Waals surface area contributed by atoms with Crippen LogP contribution in [-0.4, -0.2) is 55.6 Å². The van der Waals surface area contributed by atoms with E-state index in [4.69, 9.17) is 5.73 Å². The zero-order valence-electron chi connectivity index (χ0n) is 12.4. The molecule has 0 amide bonds. The molecule has 3 nitrogen and oxygen atoms in total. The second-order valence-corrected chi connectivity index (χ2v) is 6.68. The van der Waals surface area contributed by atoms with Gasteiger partial charge in [-0.1, -0.05) is 13.3 Å². The highest BCUT2D eigenvalue weighted by molar-refractivity contribution is 4.89. The number of hydrogen-bond acceptors (Lipinski definition) is 3. The first-order valence-corrected chi connectivity index (χ1v) is 7.74. The zero-order chi connectivity index (χ0) is 13.1. The van der Waals surface area contributed by atoms with Gasteiger partial charge in [0.15, 0.2) is 0 Å². The van der Waals surface area contributed by atoms with Gasteiger partial charge in [-0.15, -0.1) is 0 Å². The third kappa shape index (κ3) is 3.46. The quantitative estimate of drug-likeness (QED) is 0.829. The number of rotatable bonds is 4. The van der Waals surface area contributed by atoms with Crippen molar-refractivity contribution in [1.82, 2.24) is 9.80 Å². The molecule has 4 unspecified atom stereocenters.